The van der Waals surface area contributed by atoms with Gasteiger partial charge >= 0.3 is 0 Å². The summed E-state index contributed by atoms with van der Waals surface area (Å²) in [4.78, 5) is 28.9. The minimum Gasteiger partial charge on any atom is -0.494 e. The molecule has 9 heteroatoms. The number of halogens is 1. The number of piperidine rings is 1. The van der Waals surface area contributed by atoms with E-state index in [0.29, 0.717) is 17.4 Å². The summed E-state index contributed by atoms with van der Waals surface area (Å²) < 4.78 is 5.57. The lowest BCUT2D eigenvalue weighted by Gasteiger charge is -2.33. The summed E-state index contributed by atoms with van der Waals surface area (Å²) in [5.41, 5.74) is 0.583. The summed E-state index contributed by atoms with van der Waals surface area (Å²) in [6, 6.07) is 10.4. The van der Waals surface area contributed by atoms with Crippen LogP contribution >= 0.6 is 11.6 Å². The molecule has 0 saturated carbocycles. The van der Waals surface area contributed by atoms with Gasteiger partial charge in [0.15, 0.2) is 11.0 Å². The first-order chi connectivity index (χ1) is 15.0. The van der Waals surface area contributed by atoms with Crippen molar-refractivity contribution in [3.8, 4) is 5.75 Å². The van der Waals surface area contributed by atoms with Gasteiger partial charge in [-0.25, -0.2) is 4.90 Å². The number of hydrogen-bond donors (Lipinski definition) is 1. The van der Waals surface area contributed by atoms with Crippen LogP contribution in [0.5, 0.6) is 5.75 Å². The van der Waals surface area contributed by atoms with E-state index < -0.39 is 6.04 Å². The molecule has 0 spiro atoms. The number of amides is 2. The molecule has 2 saturated heterocycles. The van der Waals surface area contributed by atoms with Crippen LogP contribution in [-0.4, -0.2) is 53.8 Å². The second-order valence-electron chi connectivity index (χ2n) is 7.81. The third-order valence-electron chi connectivity index (χ3n) is 5.59. The molecule has 3 heterocycles. The molecule has 164 valence electrons. The maximum absolute atomic E-state index is 12.9. The topological polar surface area (TPSA) is 87.7 Å². The van der Waals surface area contributed by atoms with Gasteiger partial charge in [-0.3, -0.25) is 9.59 Å². The van der Waals surface area contributed by atoms with Crippen LogP contribution in [0.15, 0.2) is 36.4 Å². The number of rotatable bonds is 7. The van der Waals surface area contributed by atoms with E-state index in [1.54, 1.807) is 30.3 Å². The zero-order valence-electron chi connectivity index (χ0n) is 17.5. The van der Waals surface area contributed by atoms with Gasteiger partial charge in [-0.05, 0) is 55.7 Å². The first-order valence-electron chi connectivity index (χ1n) is 10.6. The smallest absolute Gasteiger partial charge is 0.251 e. The van der Waals surface area contributed by atoms with Gasteiger partial charge in [0, 0.05) is 19.1 Å². The Morgan fingerprint density at radius 3 is 2.48 bits per heavy atom. The number of nitrogens with one attached hydrogen (secondary N) is 1. The quantitative estimate of drug-likeness (QED) is 0.658. The highest BCUT2D eigenvalue weighted by molar-refractivity contribution is 6.29. The predicted molar refractivity (Wildman–Crippen MR) is 119 cm³/mol. The fourth-order valence-electron chi connectivity index (χ4n) is 3.98. The lowest BCUT2D eigenvalue weighted by Crippen LogP contribution is -2.49. The lowest BCUT2D eigenvalue weighted by atomic mass is 10.0. The number of ether oxygens (including phenoxy) is 1. The molecule has 2 aromatic rings. The van der Waals surface area contributed by atoms with Gasteiger partial charge in [0.05, 0.1) is 24.8 Å². The number of hydrogen-bond acceptors (Lipinski definition) is 7. The molecule has 2 aliphatic heterocycles. The molecule has 2 aliphatic rings. The van der Waals surface area contributed by atoms with E-state index in [1.807, 2.05) is 13.0 Å². The highest BCUT2D eigenvalue weighted by Crippen LogP contribution is 2.26. The Balaban J connectivity index is 1.32. The average molecular weight is 444 g/mol. The Hall–Kier alpha value is -2.71. The zero-order valence-corrected chi connectivity index (χ0v) is 18.2. The van der Waals surface area contributed by atoms with Gasteiger partial charge in [-0.1, -0.05) is 18.5 Å². The van der Waals surface area contributed by atoms with Crippen molar-refractivity contribution in [3.05, 3.63) is 41.6 Å². The van der Waals surface area contributed by atoms with Crippen molar-refractivity contribution in [1.29, 1.82) is 0 Å². The minimum atomic E-state index is -0.490. The number of carbonyl (C=O) groups is 2. The largest absolute Gasteiger partial charge is 0.494 e. The standard InChI is InChI=1S/C22H26ClN5O3/c1-2-13-31-17-5-3-16(4-6-17)28-21(29)14-18(22(28)30)24-15-9-11-27(12-10-15)20-8-7-19(23)25-26-20/h3-8,15,18,24H,2,9-14H2,1H3/t18-/m0/s1. The van der Waals surface area contributed by atoms with Crippen LogP contribution < -0.4 is 19.9 Å². The molecule has 2 amide bonds. The molecule has 0 unspecified atom stereocenters. The highest BCUT2D eigenvalue weighted by Gasteiger charge is 2.40. The molecule has 1 aromatic heterocycles. The van der Waals surface area contributed by atoms with Crippen LogP contribution in [0, 0.1) is 0 Å². The zero-order chi connectivity index (χ0) is 21.8. The van der Waals surface area contributed by atoms with E-state index in [2.05, 4.69) is 20.4 Å². The Morgan fingerprint density at radius 2 is 1.84 bits per heavy atom. The summed E-state index contributed by atoms with van der Waals surface area (Å²) in [5, 5.41) is 11.8. The molecule has 1 N–H and O–H groups in total. The molecule has 0 bridgehead atoms. The van der Waals surface area contributed by atoms with Crippen molar-refractivity contribution in [2.45, 2.75) is 44.7 Å². The van der Waals surface area contributed by atoms with Crippen LogP contribution in [0.1, 0.15) is 32.6 Å². The first-order valence-corrected chi connectivity index (χ1v) is 11.0. The number of benzene rings is 1. The van der Waals surface area contributed by atoms with Crippen molar-refractivity contribution >= 4 is 34.9 Å². The molecule has 31 heavy (non-hydrogen) atoms. The summed E-state index contributed by atoms with van der Waals surface area (Å²) in [7, 11) is 0. The molecule has 0 aliphatic carbocycles. The van der Waals surface area contributed by atoms with Crippen molar-refractivity contribution in [2.75, 3.05) is 29.5 Å². The first kappa shape index (κ1) is 21.5. The molecule has 8 nitrogen and oxygen atoms in total. The van der Waals surface area contributed by atoms with E-state index in [-0.39, 0.29) is 24.3 Å². The van der Waals surface area contributed by atoms with Crippen LogP contribution in [0.3, 0.4) is 0 Å². The van der Waals surface area contributed by atoms with Gasteiger partial charge in [0.25, 0.3) is 5.91 Å². The predicted octanol–water partition coefficient (Wildman–Crippen LogP) is 2.81. The Bertz CT molecular complexity index is 914. The van der Waals surface area contributed by atoms with Crippen LogP contribution in [0.2, 0.25) is 5.15 Å². The second kappa shape index (κ2) is 9.62. The maximum Gasteiger partial charge on any atom is 0.251 e. The highest BCUT2D eigenvalue weighted by atomic mass is 35.5. The normalized spacial score (nSPS) is 19.9. The third-order valence-corrected chi connectivity index (χ3v) is 5.79. The van der Waals surface area contributed by atoms with E-state index in [4.69, 9.17) is 16.3 Å². The Labute approximate surface area is 186 Å². The number of imide groups is 1. The van der Waals surface area contributed by atoms with Gasteiger partial charge in [-0.15, -0.1) is 10.2 Å². The molecule has 1 atom stereocenters. The third kappa shape index (κ3) is 4.97. The monoisotopic (exact) mass is 443 g/mol. The molecular weight excluding hydrogens is 418 g/mol. The molecule has 4 rings (SSSR count). The number of nitrogens with zero attached hydrogens (tertiary/aromatic N) is 4. The maximum atomic E-state index is 12.9. The van der Waals surface area contributed by atoms with Crippen LogP contribution in [0.25, 0.3) is 0 Å². The Kier molecular flexibility index (Phi) is 6.67. The molecule has 2 fully saturated rings. The fourth-order valence-corrected chi connectivity index (χ4v) is 4.08. The van der Waals surface area contributed by atoms with E-state index >= 15 is 0 Å². The summed E-state index contributed by atoms with van der Waals surface area (Å²) in [6.45, 7) is 4.27. The Morgan fingerprint density at radius 1 is 1.10 bits per heavy atom. The second-order valence-corrected chi connectivity index (χ2v) is 8.20. The SMILES string of the molecule is CCCOc1ccc(N2C(=O)C[C@H](NC3CCN(c4ccc(Cl)nn4)CC3)C2=O)cc1. The summed E-state index contributed by atoms with van der Waals surface area (Å²) in [6.07, 6.45) is 2.80. The van der Waals surface area contributed by atoms with Crippen molar-refractivity contribution in [3.63, 3.8) is 0 Å². The fraction of sp³-hybridized carbons (Fsp3) is 0.455. The average Bonchev–Trinajstić information content (AvgIpc) is 3.06. The van der Waals surface area contributed by atoms with E-state index in [9.17, 15) is 9.59 Å². The lowest BCUT2D eigenvalue weighted by molar-refractivity contribution is -0.121. The van der Waals surface area contributed by atoms with Gasteiger partial charge in [-0.2, -0.15) is 0 Å². The number of aromatic nitrogens is 2. The van der Waals surface area contributed by atoms with Gasteiger partial charge in [0.1, 0.15) is 5.75 Å². The molecule has 1 aromatic carbocycles. The van der Waals surface area contributed by atoms with Gasteiger partial charge < -0.3 is 15.0 Å². The van der Waals surface area contributed by atoms with Gasteiger partial charge in [0.2, 0.25) is 5.91 Å². The molecule has 0 radical (unpaired) electrons. The summed E-state index contributed by atoms with van der Waals surface area (Å²) in [5.74, 6) is 1.15. The number of anilines is 2. The minimum absolute atomic E-state index is 0.169. The van der Waals surface area contributed by atoms with Crippen molar-refractivity contribution in [2.24, 2.45) is 0 Å². The van der Waals surface area contributed by atoms with Crippen molar-refractivity contribution < 1.29 is 14.3 Å². The van der Waals surface area contributed by atoms with Crippen molar-refractivity contribution in [1.82, 2.24) is 15.5 Å². The summed E-state index contributed by atoms with van der Waals surface area (Å²) >= 11 is 5.81. The molecular formula is C22H26ClN5O3. The number of carbonyl (C=O) groups excluding carboxylic acids is 2. The van der Waals surface area contributed by atoms with Crippen LogP contribution in [-0.2, 0) is 9.59 Å². The van der Waals surface area contributed by atoms with E-state index in [1.165, 1.54) is 4.90 Å². The van der Waals surface area contributed by atoms with Crippen LogP contribution in [0.4, 0.5) is 11.5 Å². The van der Waals surface area contributed by atoms with E-state index in [0.717, 1.165) is 43.9 Å².